The molecule has 1 aromatic carbocycles. The maximum absolute atomic E-state index is 11.2. The molecule has 1 aliphatic heterocycles. The third-order valence-electron chi connectivity index (χ3n) is 3.69. The smallest absolute Gasteiger partial charge is 0.407 e. The first-order chi connectivity index (χ1) is 10.3. The summed E-state index contributed by atoms with van der Waals surface area (Å²) in [4.78, 5) is 16.0. The predicted octanol–water partition coefficient (Wildman–Crippen LogP) is 1.55. The standard InChI is InChI=1S/C16H25N3O2/c1-2-21-16(20)17-8-9-18-10-12-19(13-11-18)14-15-6-4-3-5-7-15/h3-7H,2,8-14H2,1H3,(H,17,20). The van der Waals surface area contributed by atoms with Crippen LogP contribution in [0, 0.1) is 0 Å². The summed E-state index contributed by atoms with van der Waals surface area (Å²) in [6.45, 7) is 9.05. The molecule has 0 atom stereocenters. The van der Waals surface area contributed by atoms with Crippen LogP contribution in [0.15, 0.2) is 30.3 Å². The topological polar surface area (TPSA) is 44.8 Å². The summed E-state index contributed by atoms with van der Waals surface area (Å²) in [5.41, 5.74) is 1.37. The van der Waals surface area contributed by atoms with Crippen molar-refractivity contribution < 1.29 is 9.53 Å². The molecule has 1 aliphatic rings. The van der Waals surface area contributed by atoms with E-state index in [1.807, 2.05) is 6.92 Å². The second kappa shape index (κ2) is 8.64. The third kappa shape index (κ3) is 5.73. The average molecular weight is 291 g/mol. The Morgan fingerprint density at radius 3 is 2.48 bits per heavy atom. The first-order valence-electron chi connectivity index (χ1n) is 7.67. The Labute approximate surface area is 126 Å². The summed E-state index contributed by atoms with van der Waals surface area (Å²) >= 11 is 0. The molecule has 0 saturated carbocycles. The number of ether oxygens (including phenoxy) is 1. The summed E-state index contributed by atoms with van der Waals surface area (Å²) in [5.74, 6) is 0. The molecule has 0 unspecified atom stereocenters. The lowest BCUT2D eigenvalue weighted by molar-refractivity contribution is 0.123. The van der Waals surface area contributed by atoms with Gasteiger partial charge in [0.1, 0.15) is 0 Å². The number of benzene rings is 1. The Kier molecular flexibility index (Phi) is 6.50. The lowest BCUT2D eigenvalue weighted by Gasteiger charge is -2.34. The summed E-state index contributed by atoms with van der Waals surface area (Å²) < 4.78 is 4.84. The number of nitrogens with one attached hydrogen (secondary N) is 1. The van der Waals surface area contributed by atoms with Crippen LogP contribution in [0.25, 0.3) is 0 Å². The molecule has 0 spiro atoms. The number of carbonyl (C=O) groups is 1. The van der Waals surface area contributed by atoms with Gasteiger partial charge >= 0.3 is 6.09 Å². The van der Waals surface area contributed by atoms with Gasteiger partial charge in [-0.3, -0.25) is 9.80 Å². The van der Waals surface area contributed by atoms with Gasteiger partial charge in [0.05, 0.1) is 6.61 Å². The molecule has 2 rings (SSSR count). The molecule has 21 heavy (non-hydrogen) atoms. The Bertz CT molecular complexity index is 417. The number of carbonyl (C=O) groups excluding carboxylic acids is 1. The average Bonchev–Trinajstić information content (AvgIpc) is 2.50. The second-order valence-corrected chi connectivity index (χ2v) is 5.25. The number of nitrogens with zero attached hydrogens (tertiary/aromatic N) is 2. The fourth-order valence-corrected chi connectivity index (χ4v) is 2.51. The van der Waals surface area contributed by atoms with Gasteiger partial charge in [-0.1, -0.05) is 30.3 Å². The number of hydrogen-bond acceptors (Lipinski definition) is 4. The molecule has 5 nitrogen and oxygen atoms in total. The van der Waals surface area contributed by atoms with E-state index in [2.05, 4.69) is 45.4 Å². The number of piperazine rings is 1. The highest BCUT2D eigenvalue weighted by Gasteiger charge is 2.16. The lowest BCUT2D eigenvalue weighted by atomic mass is 10.2. The zero-order chi connectivity index (χ0) is 14.9. The highest BCUT2D eigenvalue weighted by Crippen LogP contribution is 2.07. The number of amides is 1. The second-order valence-electron chi connectivity index (χ2n) is 5.25. The van der Waals surface area contributed by atoms with Crippen LogP contribution in [-0.2, 0) is 11.3 Å². The van der Waals surface area contributed by atoms with Crippen molar-refractivity contribution in [1.29, 1.82) is 0 Å². The molecule has 0 aromatic heterocycles. The van der Waals surface area contributed by atoms with Gasteiger partial charge in [0.25, 0.3) is 0 Å². The monoisotopic (exact) mass is 291 g/mol. The molecule has 0 aliphatic carbocycles. The molecule has 1 amide bonds. The van der Waals surface area contributed by atoms with Crippen molar-refractivity contribution in [1.82, 2.24) is 15.1 Å². The molecular weight excluding hydrogens is 266 g/mol. The summed E-state index contributed by atoms with van der Waals surface area (Å²) in [5, 5.41) is 2.77. The normalized spacial score (nSPS) is 16.6. The highest BCUT2D eigenvalue weighted by atomic mass is 16.5. The Balaban J connectivity index is 1.61. The van der Waals surface area contributed by atoms with E-state index in [0.717, 1.165) is 39.3 Å². The fraction of sp³-hybridized carbons (Fsp3) is 0.562. The van der Waals surface area contributed by atoms with E-state index in [0.29, 0.717) is 13.2 Å². The molecule has 1 aromatic rings. The quantitative estimate of drug-likeness (QED) is 0.864. The van der Waals surface area contributed by atoms with Crippen molar-refractivity contribution in [2.45, 2.75) is 13.5 Å². The maximum atomic E-state index is 11.2. The van der Waals surface area contributed by atoms with Gasteiger partial charge < -0.3 is 10.1 Å². The van der Waals surface area contributed by atoms with Crippen LogP contribution in [0.1, 0.15) is 12.5 Å². The molecule has 1 fully saturated rings. The predicted molar refractivity (Wildman–Crippen MR) is 83.2 cm³/mol. The van der Waals surface area contributed by atoms with Gasteiger partial charge in [-0.2, -0.15) is 0 Å². The largest absolute Gasteiger partial charge is 0.450 e. The van der Waals surface area contributed by atoms with Gasteiger partial charge in [-0.15, -0.1) is 0 Å². The van der Waals surface area contributed by atoms with Crippen molar-refractivity contribution in [2.75, 3.05) is 45.9 Å². The highest BCUT2D eigenvalue weighted by molar-refractivity contribution is 5.66. The van der Waals surface area contributed by atoms with Crippen LogP contribution < -0.4 is 5.32 Å². The Hall–Kier alpha value is -1.59. The molecule has 1 N–H and O–H groups in total. The van der Waals surface area contributed by atoms with Crippen LogP contribution >= 0.6 is 0 Å². The fourth-order valence-electron chi connectivity index (χ4n) is 2.51. The molecule has 116 valence electrons. The van der Waals surface area contributed by atoms with Crippen molar-refractivity contribution in [3.8, 4) is 0 Å². The zero-order valence-corrected chi connectivity index (χ0v) is 12.8. The van der Waals surface area contributed by atoms with Gasteiger partial charge in [-0.05, 0) is 12.5 Å². The van der Waals surface area contributed by atoms with Crippen molar-refractivity contribution >= 4 is 6.09 Å². The summed E-state index contributed by atoms with van der Waals surface area (Å²) in [7, 11) is 0. The minimum absolute atomic E-state index is 0.319. The van der Waals surface area contributed by atoms with E-state index in [1.54, 1.807) is 0 Å². The minimum atomic E-state index is -0.319. The zero-order valence-electron chi connectivity index (χ0n) is 12.8. The number of alkyl carbamates (subject to hydrolysis) is 1. The van der Waals surface area contributed by atoms with E-state index in [1.165, 1.54) is 5.56 Å². The first-order valence-corrected chi connectivity index (χ1v) is 7.67. The molecule has 0 bridgehead atoms. The van der Waals surface area contributed by atoms with E-state index in [-0.39, 0.29) is 6.09 Å². The summed E-state index contributed by atoms with van der Waals surface area (Å²) in [6.07, 6.45) is -0.319. The van der Waals surface area contributed by atoms with Crippen LogP contribution in [0.5, 0.6) is 0 Å². The third-order valence-corrected chi connectivity index (χ3v) is 3.69. The van der Waals surface area contributed by atoms with Crippen LogP contribution in [0.4, 0.5) is 4.79 Å². The summed E-state index contributed by atoms with van der Waals surface area (Å²) in [6, 6.07) is 10.6. The van der Waals surface area contributed by atoms with Gasteiger partial charge in [0.15, 0.2) is 0 Å². The van der Waals surface area contributed by atoms with Gasteiger partial charge in [0, 0.05) is 45.8 Å². The van der Waals surface area contributed by atoms with Crippen molar-refractivity contribution in [3.05, 3.63) is 35.9 Å². The van der Waals surface area contributed by atoms with E-state index in [4.69, 9.17) is 4.74 Å². The maximum Gasteiger partial charge on any atom is 0.407 e. The van der Waals surface area contributed by atoms with E-state index in [9.17, 15) is 4.79 Å². The SMILES string of the molecule is CCOC(=O)NCCN1CCN(Cc2ccccc2)CC1. The number of hydrogen-bond donors (Lipinski definition) is 1. The molecule has 0 radical (unpaired) electrons. The van der Waals surface area contributed by atoms with Crippen LogP contribution in [-0.4, -0.2) is 61.8 Å². The molecule has 5 heteroatoms. The Morgan fingerprint density at radius 1 is 1.14 bits per heavy atom. The van der Waals surface area contributed by atoms with Gasteiger partial charge in [-0.25, -0.2) is 4.79 Å². The lowest BCUT2D eigenvalue weighted by Crippen LogP contribution is -2.48. The van der Waals surface area contributed by atoms with Gasteiger partial charge in [0.2, 0.25) is 0 Å². The molecule has 1 saturated heterocycles. The molecular formula is C16H25N3O2. The molecule has 1 heterocycles. The van der Waals surface area contributed by atoms with Crippen LogP contribution in [0.3, 0.4) is 0 Å². The minimum Gasteiger partial charge on any atom is -0.450 e. The Morgan fingerprint density at radius 2 is 1.81 bits per heavy atom. The first kappa shape index (κ1) is 15.8. The van der Waals surface area contributed by atoms with E-state index < -0.39 is 0 Å². The van der Waals surface area contributed by atoms with E-state index >= 15 is 0 Å². The van der Waals surface area contributed by atoms with Crippen molar-refractivity contribution in [3.63, 3.8) is 0 Å². The number of rotatable bonds is 6. The van der Waals surface area contributed by atoms with Crippen LogP contribution in [0.2, 0.25) is 0 Å². The van der Waals surface area contributed by atoms with Crippen molar-refractivity contribution in [2.24, 2.45) is 0 Å².